The monoisotopic (exact) mass is 351 g/mol. The van der Waals surface area contributed by atoms with Gasteiger partial charge in [-0.25, -0.2) is 4.98 Å². The van der Waals surface area contributed by atoms with Crippen molar-refractivity contribution < 1.29 is 9.53 Å². The molecule has 1 aromatic heterocycles. The summed E-state index contributed by atoms with van der Waals surface area (Å²) in [4.78, 5) is 16.3. The van der Waals surface area contributed by atoms with Crippen LogP contribution in [-0.2, 0) is 17.9 Å². The Balaban J connectivity index is 1.66. The number of ether oxygens (including phenoxy) is 1. The molecular formula is C21H25N3O2. The van der Waals surface area contributed by atoms with Crippen molar-refractivity contribution in [2.24, 2.45) is 0 Å². The summed E-state index contributed by atoms with van der Waals surface area (Å²) in [6.45, 7) is 5.78. The molecule has 5 nitrogen and oxygen atoms in total. The minimum atomic E-state index is 0.0337. The van der Waals surface area contributed by atoms with Crippen LogP contribution in [-0.4, -0.2) is 22.1 Å². The molecule has 136 valence electrons. The highest BCUT2D eigenvalue weighted by Gasteiger charge is 2.11. The second-order valence-electron chi connectivity index (χ2n) is 6.32. The Hall–Kier alpha value is -2.82. The van der Waals surface area contributed by atoms with Gasteiger partial charge in [-0.3, -0.25) is 4.79 Å². The average molecular weight is 351 g/mol. The summed E-state index contributed by atoms with van der Waals surface area (Å²) in [5.41, 5.74) is 3.23. The van der Waals surface area contributed by atoms with Crippen molar-refractivity contribution in [3.63, 3.8) is 0 Å². The zero-order valence-corrected chi connectivity index (χ0v) is 15.4. The summed E-state index contributed by atoms with van der Waals surface area (Å²) in [6.07, 6.45) is 1.34. The van der Waals surface area contributed by atoms with Gasteiger partial charge in [0.05, 0.1) is 24.2 Å². The lowest BCUT2D eigenvalue weighted by molar-refractivity contribution is -0.120. The third kappa shape index (κ3) is 4.42. The van der Waals surface area contributed by atoms with E-state index in [4.69, 9.17) is 4.74 Å². The number of amides is 1. The zero-order chi connectivity index (χ0) is 18.4. The minimum Gasteiger partial charge on any atom is -0.494 e. The second-order valence-corrected chi connectivity index (χ2v) is 6.32. The number of imidazole rings is 1. The van der Waals surface area contributed by atoms with E-state index in [1.807, 2.05) is 43.3 Å². The van der Waals surface area contributed by atoms with E-state index in [0.717, 1.165) is 35.6 Å². The van der Waals surface area contributed by atoms with Gasteiger partial charge in [-0.1, -0.05) is 31.2 Å². The molecule has 0 atom stereocenters. The van der Waals surface area contributed by atoms with Crippen molar-refractivity contribution in [3.05, 3.63) is 59.9 Å². The van der Waals surface area contributed by atoms with Gasteiger partial charge in [-0.2, -0.15) is 0 Å². The number of benzene rings is 2. The van der Waals surface area contributed by atoms with Crippen LogP contribution in [0, 0.1) is 6.92 Å². The lowest BCUT2D eigenvalue weighted by Crippen LogP contribution is -2.23. The van der Waals surface area contributed by atoms with E-state index in [-0.39, 0.29) is 5.91 Å². The van der Waals surface area contributed by atoms with E-state index in [1.54, 1.807) is 0 Å². The van der Waals surface area contributed by atoms with Crippen LogP contribution in [0.1, 0.15) is 31.2 Å². The van der Waals surface area contributed by atoms with Gasteiger partial charge in [0.25, 0.3) is 0 Å². The van der Waals surface area contributed by atoms with Crippen molar-refractivity contribution >= 4 is 16.9 Å². The van der Waals surface area contributed by atoms with Crippen molar-refractivity contribution in [1.29, 1.82) is 0 Å². The van der Waals surface area contributed by atoms with Crippen molar-refractivity contribution in [1.82, 2.24) is 14.9 Å². The molecule has 0 unspecified atom stereocenters. The number of hydrogen-bond acceptors (Lipinski definition) is 3. The van der Waals surface area contributed by atoms with Crippen LogP contribution in [0.4, 0.5) is 0 Å². The quantitative estimate of drug-likeness (QED) is 0.627. The van der Waals surface area contributed by atoms with E-state index in [1.165, 1.54) is 5.56 Å². The summed E-state index contributed by atoms with van der Waals surface area (Å²) < 4.78 is 8.02. The molecule has 2 aromatic carbocycles. The molecule has 5 heteroatoms. The van der Waals surface area contributed by atoms with Gasteiger partial charge in [-0.05, 0) is 43.2 Å². The zero-order valence-electron chi connectivity index (χ0n) is 15.4. The highest BCUT2D eigenvalue weighted by molar-refractivity contribution is 5.77. The minimum absolute atomic E-state index is 0.0337. The molecule has 26 heavy (non-hydrogen) atoms. The Labute approximate surface area is 154 Å². The lowest BCUT2D eigenvalue weighted by atomic mass is 10.2. The van der Waals surface area contributed by atoms with Crippen LogP contribution in [0.15, 0.2) is 48.5 Å². The first-order chi connectivity index (χ1) is 12.7. The molecule has 0 saturated carbocycles. The number of fused-ring (bicyclic) bond motifs is 1. The van der Waals surface area contributed by atoms with Gasteiger partial charge in [0.15, 0.2) is 0 Å². The van der Waals surface area contributed by atoms with E-state index in [0.29, 0.717) is 19.6 Å². The Kier molecular flexibility index (Phi) is 5.89. The Morgan fingerprint density at radius 3 is 2.85 bits per heavy atom. The standard InChI is InChI=1S/C21H25N3O2/c1-3-21(25)22-15-20-23-18-10-4-5-11-19(18)24(20)12-7-13-26-17-9-6-8-16(2)14-17/h4-6,8-11,14H,3,7,12-13,15H2,1-2H3,(H,22,25). The summed E-state index contributed by atoms with van der Waals surface area (Å²) in [5, 5.41) is 2.92. The summed E-state index contributed by atoms with van der Waals surface area (Å²) in [7, 11) is 0. The van der Waals surface area contributed by atoms with Gasteiger partial charge in [-0.15, -0.1) is 0 Å². The van der Waals surface area contributed by atoms with Gasteiger partial charge >= 0.3 is 0 Å². The number of aryl methyl sites for hydroxylation is 2. The van der Waals surface area contributed by atoms with Gasteiger partial charge < -0.3 is 14.6 Å². The van der Waals surface area contributed by atoms with Crippen molar-refractivity contribution in [2.75, 3.05) is 6.61 Å². The molecule has 0 saturated heterocycles. The first-order valence-corrected chi connectivity index (χ1v) is 9.07. The van der Waals surface area contributed by atoms with E-state index < -0.39 is 0 Å². The average Bonchev–Trinajstić information content (AvgIpc) is 3.01. The fraction of sp³-hybridized carbons (Fsp3) is 0.333. The number of rotatable bonds is 8. The fourth-order valence-corrected chi connectivity index (χ4v) is 2.93. The molecule has 0 aliphatic heterocycles. The summed E-state index contributed by atoms with van der Waals surface area (Å²) in [5.74, 6) is 1.81. The molecule has 1 heterocycles. The maximum Gasteiger partial charge on any atom is 0.220 e. The SMILES string of the molecule is CCC(=O)NCc1nc2ccccc2n1CCCOc1cccc(C)c1. The van der Waals surface area contributed by atoms with Crippen molar-refractivity contribution in [2.45, 2.75) is 39.8 Å². The Bertz CT molecular complexity index is 886. The molecule has 0 aliphatic carbocycles. The first-order valence-electron chi connectivity index (χ1n) is 9.07. The molecule has 0 fully saturated rings. The largest absolute Gasteiger partial charge is 0.494 e. The van der Waals surface area contributed by atoms with E-state index in [2.05, 4.69) is 33.9 Å². The van der Waals surface area contributed by atoms with Crippen LogP contribution < -0.4 is 10.1 Å². The smallest absolute Gasteiger partial charge is 0.220 e. The molecule has 0 bridgehead atoms. The van der Waals surface area contributed by atoms with Crippen LogP contribution >= 0.6 is 0 Å². The summed E-state index contributed by atoms with van der Waals surface area (Å²) >= 11 is 0. The third-order valence-corrected chi connectivity index (χ3v) is 4.28. The number of nitrogens with one attached hydrogen (secondary N) is 1. The third-order valence-electron chi connectivity index (χ3n) is 4.28. The fourth-order valence-electron chi connectivity index (χ4n) is 2.93. The Morgan fingerprint density at radius 2 is 2.04 bits per heavy atom. The van der Waals surface area contributed by atoms with Gasteiger partial charge in [0.2, 0.25) is 5.91 Å². The number of para-hydroxylation sites is 2. The lowest BCUT2D eigenvalue weighted by Gasteiger charge is -2.11. The van der Waals surface area contributed by atoms with Gasteiger partial charge in [0.1, 0.15) is 11.6 Å². The highest BCUT2D eigenvalue weighted by Crippen LogP contribution is 2.17. The first kappa shape index (κ1) is 18.0. The predicted octanol–water partition coefficient (Wildman–Crippen LogP) is 3.84. The topological polar surface area (TPSA) is 56.2 Å². The summed E-state index contributed by atoms with van der Waals surface area (Å²) in [6, 6.07) is 16.1. The van der Waals surface area contributed by atoms with E-state index >= 15 is 0 Å². The van der Waals surface area contributed by atoms with Crippen molar-refractivity contribution in [3.8, 4) is 5.75 Å². The normalized spacial score (nSPS) is 10.8. The number of carbonyl (C=O) groups is 1. The van der Waals surface area contributed by atoms with Crippen LogP contribution in [0.25, 0.3) is 11.0 Å². The number of nitrogens with zero attached hydrogens (tertiary/aromatic N) is 2. The van der Waals surface area contributed by atoms with Crippen LogP contribution in [0.3, 0.4) is 0 Å². The maximum atomic E-state index is 11.6. The molecule has 3 aromatic rings. The molecule has 3 rings (SSSR count). The number of aromatic nitrogens is 2. The molecule has 1 amide bonds. The van der Waals surface area contributed by atoms with Crippen LogP contribution in [0.2, 0.25) is 0 Å². The predicted molar refractivity (Wildman–Crippen MR) is 103 cm³/mol. The molecule has 0 aliphatic rings. The molecule has 1 N–H and O–H groups in total. The maximum absolute atomic E-state index is 11.6. The number of hydrogen-bond donors (Lipinski definition) is 1. The van der Waals surface area contributed by atoms with E-state index in [9.17, 15) is 4.79 Å². The Morgan fingerprint density at radius 1 is 1.19 bits per heavy atom. The van der Waals surface area contributed by atoms with Crippen LogP contribution in [0.5, 0.6) is 5.75 Å². The molecular weight excluding hydrogens is 326 g/mol. The molecule has 0 spiro atoms. The highest BCUT2D eigenvalue weighted by atomic mass is 16.5. The van der Waals surface area contributed by atoms with Gasteiger partial charge in [0, 0.05) is 13.0 Å². The molecule has 0 radical (unpaired) electrons. The number of carbonyl (C=O) groups excluding carboxylic acids is 1. The second kappa shape index (κ2) is 8.52.